The topological polar surface area (TPSA) is 98.9 Å². The van der Waals surface area contributed by atoms with E-state index in [9.17, 15) is 14.9 Å². The molecule has 2 aromatic carbocycles. The largest absolute Gasteiger partial charge is 0.395 e. The number of rotatable bonds is 7. The van der Waals surface area contributed by atoms with Gasteiger partial charge in [-0.1, -0.05) is 41.9 Å². The van der Waals surface area contributed by atoms with Crippen LogP contribution in [0.25, 0.3) is 0 Å². The van der Waals surface area contributed by atoms with Gasteiger partial charge in [-0.15, -0.1) is 0 Å². The lowest BCUT2D eigenvalue weighted by atomic mass is 10.0. The van der Waals surface area contributed by atoms with Crippen LogP contribution in [0.2, 0.25) is 5.02 Å². The van der Waals surface area contributed by atoms with E-state index in [2.05, 4.69) is 15.1 Å². The van der Waals surface area contributed by atoms with Gasteiger partial charge >= 0.3 is 0 Å². The summed E-state index contributed by atoms with van der Waals surface area (Å²) in [5.74, 6) is -0.261. The highest BCUT2D eigenvalue weighted by atomic mass is 35.5. The molecule has 1 aliphatic heterocycles. The number of piperazine rings is 1. The van der Waals surface area contributed by atoms with E-state index in [0.29, 0.717) is 25.3 Å². The third-order valence-corrected chi connectivity index (χ3v) is 5.28. The first-order chi connectivity index (χ1) is 14.0. The Hall–Kier alpha value is -2.52. The molecule has 1 aliphatic rings. The van der Waals surface area contributed by atoms with Crippen LogP contribution < -0.4 is 5.32 Å². The number of aliphatic hydroxyl groups excluding tert-OH is 1. The van der Waals surface area contributed by atoms with E-state index >= 15 is 0 Å². The molecule has 0 saturated carbocycles. The van der Waals surface area contributed by atoms with Gasteiger partial charge in [0.1, 0.15) is 11.1 Å². The molecule has 2 N–H and O–H groups in total. The summed E-state index contributed by atoms with van der Waals surface area (Å²) in [5.41, 5.74) is 0.924. The van der Waals surface area contributed by atoms with E-state index in [1.807, 2.05) is 30.3 Å². The molecule has 0 radical (unpaired) electrons. The molecular weight excluding hydrogens is 396 g/mol. The molecule has 1 atom stereocenters. The quantitative estimate of drug-likeness (QED) is 0.529. The molecule has 0 aliphatic carbocycles. The van der Waals surface area contributed by atoms with E-state index < -0.39 is 11.0 Å². The Bertz CT molecular complexity index is 857. The van der Waals surface area contributed by atoms with Gasteiger partial charge in [-0.25, -0.2) is 0 Å². The summed E-state index contributed by atoms with van der Waals surface area (Å²) in [4.78, 5) is 28.0. The van der Waals surface area contributed by atoms with E-state index in [-0.39, 0.29) is 23.2 Å². The van der Waals surface area contributed by atoms with Crippen molar-refractivity contribution in [2.75, 3.05) is 44.6 Å². The van der Waals surface area contributed by atoms with Crippen LogP contribution in [0.5, 0.6) is 0 Å². The summed E-state index contributed by atoms with van der Waals surface area (Å²) >= 11 is 5.86. The fourth-order valence-electron chi connectivity index (χ4n) is 3.49. The zero-order valence-corrected chi connectivity index (χ0v) is 16.6. The number of β-amino-alcohol motifs (C(OH)–C–C–N with tert-alkyl or cyclic N) is 1. The Balaban J connectivity index is 1.81. The number of aliphatic hydroxyl groups is 1. The standard InChI is InChI=1S/C20H23ClN4O4/c21-17-7-6-16(14-18(17)25(28)29)22-20(27)19(15-4-2-1-3-5-15)24-10-8-23(9-11-24)12-13-26/h1-7,14,19,26H,8-13H2,(H,22,27). The van der Waals surface area contributed by atoms with Crippen LogP contribution in [0.4, 0.5) is 11.4 Å². The number of carbonyl (C=O) groups excluding carboxylic acids is 1. The van der Waals surface area contributed by atoms with Crippen LogP contribution in [0.15, 0.2) is 48.5 Å². The van der Waals surface area contributed by atoms with Gasteiger partial charge in [0.15, 0.2) is 0 Å². The first-order valence-corrected chi connectivity index (χ1v) is 9.74. The molecule has 1 heterocycles. The van der Waals surface area contributed by atoms with Gasteiger partial charge in [0.25, 0.3) is 5.69 Å². The number of hydrogen-bond donors (Lipinski definition) is 2. The second kappa shape index (κ2) is 9.80. The number of halogens is 1. The first-order valence-electron chi connectivity index (χ1n) is 9.36. The highest BCUT2D eigenvalue weighted by Crippen LogP contribution is 2.29. The van der Waals surface area contributed by atoms with Crippen molar-refractivity contribution in [3.63, 3.8) is 0 Å². The average Bonchev–Trinajstić information content (AvgIpc) is 2.72. The number of nitrogens with zero attached hydrogens (tertiary/aromatic N) is 3. The third kappa shape index (κ3) is 5.30. The Kier molecular flexibility index (Phi) is 7.16. The predicted molar refractivity (Wildman–Crippen MR) is 111 cm³/mol. The molecular formula is C20H23ClN4O4. The molecule has 2 aromatic rings. The van der Waals surface area contributed by atoms with Crippen molar-refractivity contribution in [2.45, 2.75) is 6.04 Å². The molecule has 1 unspecified atom stereocenters. The second-order valence-corrected chi connectivity index (χ2v) is 7.23. The van der Waals surface area contributed by atoms with Crippen molar-refractivity contribution in [3.8, 4) is 0 Å². The fourth-order valence-corrected chi connectivity index (χ4v) is 3.68. The molecule has 1 fully saturated rings. The number of nitro benzene ring substituents is 1. The van der Waals surface area contributed by atoms with Crippen LogP contribution in [0.3, 0.4) is 0 Å². The molecule has 0 spiro atoms. The Morgan fingerprint density at radius 3 is 2.48 bits per heavy atom. The van der Waals surface area contributed by atoms with Gasteiger partial charge in [0, 0.05) is 44.5 Å². The second-order valence-electron chi connectivity index (χ2n) is 6.83. The molecule has 8 nitrogen and oxygen atoms in total. The van der Waals surface area contributed by atoms with E-state index in [4.69, 9.17) is 16.7 Å². The van der Waals surface area contributed by atoms with E-state index in [1.54, 1.807) is 6.07 Å². The molecule has 1 amide bonds. The maximum absolute atomic E-state index is 13.2. The average molecular weight is 419 g/mol. The zero-order valence-electron chi connectivity index (χ0n) is 15.8. The Morgan fingerprint density at radius 2 is 1.86 bits per heavy atom. The van der Waals surface area contributed by atoms with Crippen LogP contribution in [-0.2, 0) is 4.79 Å². The maximum Gasteiger partial charge on any atom is 0.289 e. The van der Waals surface area contributed by atoms with Crippen LogP contribution in [0.1, 0.15) is 11.6 Å². The first kappa shape index (κ1) is 21.2. The minimum Gasteiger partial charge on any atom is -0.395 e. The normalized spacial score (nSPS) is 16.3. The van der Waals surface area contributed by atoms with E-state index in [1.165, 1.54) is 12.1 Å². The van der Waals surface area contributed by atoms with Crippen molar-refractivity contribution < 1.29 is 14.8 Å². The lowest BCUT2D eigenvalue weighted by molar-refractivity contribution is -0.384. The molecule has 29 heavy (non-hydrogen) atoms. The molecule has 0 aromatic heterocycles. The highest BCUT2D eigenvalue weighted by molar-refractivity contribution is 6.32. The number of nitro groups is 1. The van der Waals surface area contributed by atoms with Gasteiger partial charge < -0.3 is 10.4 Å². The lowest BCUT2D eigenvalue weighted by Crippen LogP contribution is -2.50. The molecule has 3 rings (SSSR count). The van der Waals surface area contributed by atoms with Gasteiger partial charge in [0.05, 0.1) is 11.5 Å². The van der Waals surface area contributed by atoms with Crippen molar-refractivity contribution in [1.82, 2.24) is 9.80 Å². The highest BCUT2D eigenvalue weighted by Gasteiger charge is 2.30. The SMILES string of the molecule is O=C(Nc1ccc(Cl)c([N+](=O)[O-])c1)C(c1ccccc1)N1CCN(CCO)CC1. The minimum atomic E-state index is -0.576. The molecule has 154 valence electrons. The van der Waals surface area contributed by atoms with Gasteiger partial charge in [0.2, 0.25) is 5.91 Å². The molecule has 9 heteroatoms. The Morgan fingerprint density at radius 1 is 1.17 bits per heavy atom. The summed E-state index contributed by atoms with van der Waals surface area (Å²) in [6, 6.07) is 13.1. The number of amides is 1. The van der Waals surface area contributed by atoms with Crippen LogP contribution in [-0.4, -0.2) is 65.1 Å². The minimum absolute atomic E-state index is 0.0209. The van der Waals surface area contributed by atoms with Crippen LogP contribution in [0, 0.1) is 10.1 Å². The number of carbonyl (C=O) groups is 1. The van der Waals surface area contributed by atoms with E-state index in [0.717, 1.165) is 18.7 Å². The van der Waals surface area contributed by atoms with Gasteiger partial charge in [-0.05, 0) is 17.7 Å². The smallest absolute Gasteiger partial charge is 0.289 e. The van der Waals surface area contributed by atoms with Crippen molar-refractivity contribution >= 4 is 28.9 Å². The molecule has 1 saturated heterocycles. The number of hydrogen-bond acceptors (Lipinski definition) is 6. The van der Waals surface area contributed by atoms with Crippen molar-refractivity contribution in [1.29, 1.82) is 0 Å². The fraction of sp³-hybridized carbons (Fsp3) is 0.350. The number of anilines is 1. The predicted octanol–water partition coefficient (Wildman–Crippen LogP) is 2.54. The van der Waals surface area contributed by atoms with Crippen molar-refractivity contribution in [3.05, 3.63) is 69.2 Å². The summed E-state index contributed by atoms with van der Waals surface area (Å²) in [7, 11) is 0. The van der Waals surface area contributed by atoms with Gasteiger partial charge in [-0.3, -0.25) is 24.7 Å². The van der Waals surface area contributed by atoms with Gasteiger partial charge in [-0.2, -0.15) is 0 Å². The van der Waals surface area contributed by atoms with Crippen LogP contribution >= 0.6 is 11.6 Å². The van der Waals surface area contributed by atoms with Crippen molar-refractivity contribution in [2.24, 2.45) is 0 Å². The summed E-state index contributed by atoms with van der Waals surface area (Å²) in [6.45, 7) is 3.58. The summed E-state index contributed by atoms with van der Waals surface area (Å²) in [5, 5.41) is 23.1. The zero-order chi connectivity index (χ0) is 20.8. The monoisotopic (exact) mass is 418 g/mol. The lowest BCUT2D eigenvalue weighted by Gasteiger charge is -2.38. The molecule has 0 bridgehead atoms. The summed E-state index contributed by atoms with van der Waals surface area (Å²) in [6.07, 6.45) is 0. The Labute approximate surface area is 173 Å². The number of benzene rings is 2. The maximum atomic E-state index is 13.2. The third-order valence-electron chi connectivity index (χ3n) is 4.96. The number of nitrogens with one attached hydrogen (secondary N) is 1. The summed E-state index contributed by atoms with van der Waals surface area (Å²) < 4.78 is 0.